The zero-order valence-electron chi connectivity index (χ0n) is 79.4. The van der Waals surface area contributed by atoms with Gasteiger partial charge in [-0.05, 0) is 102 Å². The number of nitrogens with zero attached hydrogens (tertiary/aromatic N) is 7. The van der Waals surface area contributed by atoms with E-state index in [-0.39, 0.29) is 194 Å². The molecule has 2 aromatic heterocycles. The molecule has 5 heterocycles. The molecule has 0 spiro atoms. The van der Waals surface area contributed by atoms with Gasteiger partial charge in [0.1, 0.15) is 36.8 Å². The van der Waals surface area contributed by atoms with Crippen molar-refractivity contribution < 1.29 is 135 Å². The normalized spacial score (nSPS) is 15.1. The van der Waals surface area contributed by atoms with Gasteiger partial charge in [0, 0.05) is 99.3 Å². The van der Waals surface area contributed by atoms with E-state index in [9.17, 15) is 92.3 Å². The van der Waals surface area contributed by atoms with Crippen LogP contribution in [0.1, 0.15) is 134 Å². The van der Waals surface area contributed by atoms with Crippen LogP contribution in [0, 0.1) is 5.41 Å². The fraction of sp³-hybridized carbons (Fsp3) is 0.511. The highest BCUT2D eigenvalue weighted by molar-refractivity contribution is 8.77. The fourth-order valence-corrected chi connectivity index (χ4v) is 16.6. The Kier molecular flexibility index (Phi) is 46.4. The lowest BCUT2D eigenvalue weighted by molar-refractivity contribution is -0.143. The van der Waals surface area contributed by atoms with Crippen molar-refractivity contribution in [2.24, 2.45) is 10.7 Å². The lowest BCUT2D eigenvalue weighted by Gasteiger charge is -2.28. The maximum absolute atomic E-state index is 14.6. The van der Waals surface area contributed by atoms with Gasteiger partial charge in [0.15, 0.2) is 40.1 Å². The monoisotopic (exact) mass is 2030 g/mol. The average Bonchev–Trinajstić information content (AvgIpc) is 1.52. The molecule has 52 heteroatoms. The summed E-state index contributed by atoms with van der Waals surface area (Å²) in [7, 11) is 8.53. The minimum absolute atomic E-state index is 0.00580. The van der Waals surface area contributed by atoms with Crippen LogP contribution in [-0.4, -0.2) is 344 Å². The number of carbonyl (C=O) groups excluding carboxylic acids is 10. The van der Waals surface area contributed by atoms with E-state index in [0.29, 0.717) is 85.9 Å². The number of hydroxylamine groups is 2. The molecule has 0 aliphatic carbocycles. The first-order chi connectivity index (χ1) is 67.9. The number of carboxylic acids is 4. The van der Waals surface area contributed by atoms with Gasteiger partial charge in [0.05, 0.1) is 160 Å². The number of benzene rings is 3. The predicted octanol–water partition coefficient (Wildman–Crippen LogP) is 1.99. The minimum atomic E-state index is -2.03. The first-order valence-electron chi connectivity index (χ1n) is 45.3. The van der Waals surface area contributed by atoms with Gasteiger partial charge < -0.3 is 137 Å². The number of carbonyl (C=O) groups is 14. The number of aromatic amines is 1. The van der Waals surface area contributed by atoms with Gasteiger partial charge in [0.2, 0.25) is 41.4 Å². The third kappa shape index (κ3) is 37.8. The van der Waals surface area contributed by atoms with Gasteiger partial charge in [0.25, 0.3) is 23.3 Å². The number of hydrogen-bond donors (Lipinski definition) is 18. The summed E-state index contributed by atoms with van der Waals surface area (Å²) < 4.78 is 51.3. The van der Waals surface area contributed by atoms with Crippen molar-refractivity contribution in [3.8, 4) is 23.0 Å². The number of rotatable bonds is 64. The molecule has 0 saturated carbocycles. The van der Waals surface area contributed by atoms with Crippen LogP contribution in [0.4, 0.5) is 27.8 Å². The molecule has 8 rings (SSSR count). The smallest absolute Gasteiger partial charge is 0.411 e. The number of nitrogens with one attached hydrogen (secondary N) is 12. The molecule has 1 unspecified atom stereocenters. The third-order valence-corrected chi connectivity index (χ3v) is 24.4. The maximum Gasteiger partial charge on any atom is 0.411 e. The Bertz CT molecular complexity index is 5370. The lowest BCUT2D eigenvalue weighted by Crippen LogP contribution is -2.59. The number of ether oxygens (including phenoxy) is 9. The van der Waals surface area contributed by atoms with Gasteiger partial charge in [-0.1, -0.05) is 45.9 Å². The topological polar surface area (TPSA) is 702 Å². The molecule has 9 atom stereocenters. The van der Waals surface area contributed by atoms with E-state index in [1.54, 1.807) is 66.2 Å². The van der Waals surface area contributed by atoms with Crippen molar-refractivity contribution in [3.63, 3.8) is 0 Å². The number of guanidine groups is 1. The highest BCUT2D eigenvalue weighted by atomic mass is 33.1. The number of methoxy groups -OCH3 is 2. The van der Waals surface area contributed by atoms with Crippen molar-refractivity contribution in [1.29, 1.82) is 5.41 Å². The molecular formula is C90H123N21O29S2. The molecule has 3 aliphatic rings. The number of aliphatic imine (C=N–C) groups is 1. The maximum atomic E-state index is 14.6. The summed E-state index contributed by atoms with van der Waals surface area (Å²) in [6.07, 6.45) is 1.19. The standard InChI is InChI=1S/C90H123N21O29S2/c1-50-33-57-44-97-62-37-70(68(131-6)35-59(62)85(126)110(57)45-50)138-23-10-9-11-24-139-71-38-63(60(36-69(71)132-7)86(127)111-46-51(2)34-58(111)47-109(5)133-8)106-90(130)140-48-53(4)142-141-49-67(87(128)129)102-73(113)20-25-134-27-29-136-31-32-137-30-28-135-26-22-94-80(121)64(39-74(114)115)104-83(124)66(41-76(118)119)105-81(122)61(13-12-21-95-88(91)92)103-82(123)65(40-75(116)117)101-72(112)19-14-52(3)99-79(120)54-15-17-55(18-16-54)96-42-56-43-98-78-77(100-56)84(125)108-89(93)107-78/h15-18,35-38,43-44,52-53,57-58,61,64-67,96H,1-2,9-14,19-34,39-42,45-49H2,3-8H3,(H,94,121)(H,99,120)(H,101,112)(H,102,113)(H,103,123)(H,104,124)(H,105,122)(H,106,130)(H,114,115)(H,116,117)(H,118,119)(H,128,129)(H4,91,92,95)(H3,93,98,107,108,125)/t52-,53?,57+,58+,61+,64+,65+,66+,67+/m1/s1. The second kappa shape index (κ2) is 58.2. The third-order valence-electron chi connectivity index (χ3n) is 21.6. The molecule has 774 valence electrons. The minimum Gasteiger partial charge on any atom is -0.493 e. The van der Waals surface area contributed by atoms with Crippen LogP contribution in [0.25, 0.3) is 11.2 Å². The molecule has 10 amide bonds. The number of fused-ring (bicyclic) bond motifs is 3. The summed E-state index contributed by atoms with van der Waals surface area (Å²) in [6, 6.07) is 2.76. The Balaban J connectivity index is 0.689. The highest BCUT2D eigenvalue weighted by Gasteiger charge is 2.39. The van der Waals surface area contributed by atoms with Crippen LogP contribution in [0.2, 0.25) is 0 Å². The predicted molar refractivity (Wildman–Crippen MR) is 517 cm³/mol. The van der Waals surface area contributed by atoms with Gasteiger partial charge in [-0.15, -0.1) is 0 Å². The van der Waals surface area contributed by atoms with E-state index in [4.69, 9.17) is 64.3 Å². The van der Waals surface area contributed by atoms with E-state index in [0.717, 1.165) is 21.9 Å². The fourth-order valence-electron chi connectivity index (χ4n) is 14.3. The Hall–Kier alpha value is -14.1. The lowest BCUT2D eigenvalue weighted by atomic mass is 10.1. The van der Waals surface area contributed by atoms with Crippen molar-refractivity contribution in [1.82, 2.24) is 77.3 Å². The number of carboxylic acid groups (broad SMARTS) is 4. The van der Waals surface area contributed by atoms with Crippen molar-refractivity contribution in [2.75, 3.05) is 156 Å². The van der Waals surface area contributed by atoms with Crippen molar-refractivity contribution in [2.45, 2.75) is 157 Å². The quantitative estimate of drug-likeness (QED) is 0.00661. The second-order valence-corrected chi connectivity index (χ2v) is 35.7. The molecule has 2 saturated heterocycles. The van der Waals surface area contributed by atoms with Crippen molar-refractivity contribution >= 4 is 151 Å². The van der Waals surface area contributed by atoms with Crippen LogP contribution in [-0.2, 0) is 83.0 Å². The Morgan fingerprint density at radius 1 is 0.641 bits per heavy atom. The Morgan fingerprint density at radius 2 is 1.23 bits per heavy atom. The number of nitrogens with two attached hydrogens (primary N) is 2. The number of aromatic nitrogens is 4. The summed E-state index contributed by atoms with van der Waals surface area (Å²) in [4.78, 5) is 225. The largest absolute Gasteiger partial charge is 0.493 e. The summed E-state index contributed by atoms with van der Waals surface area (Å²) in [5, 5.41) is 72.8. The molecular weight excluding hydrogens is 1900 g/mol. The number of nitrogen functional groups attached to an aromatic ring is 1. The van der Waals surface area contributed by atoms with Crippen LogP contribution < -0.4 is 89.1 Å². The van der Waals surface area contributed by atoms with Gasteiger partial charge >= 0.3 is 30.0 Å². The SMILES string of the molecule is C=C1C[C@@H](CN(C)OC)N(C(=O)c2cc(OC)c(OCCCCCOc3cc4c(cc3OC)C(=O)N3CC(=C)C[C@H]3C=N4)cc2NC(=O)OCC(C)SSC[C@H](NC(=O)CCOCCOCCOCCOCCNC(=O)[C@H](CC(=O)O)NC(=O)[C@H](CC(=O)O)NC(=O)[C@H](CCCNC(=N)N)NC(=O)[C@H](CC(=O)O)NC(=O)CC[C@@H](C)NC(=O)c2ccc(NCc3cnc4nc(N)[nH]c(=O)c4n3)cc2)C(=O)O)C1. The van der Waals surface area contributed by atoms with Gasteiger partial charge in [-0.2, -0.15) is 10.0 Å². The molecule has 5 aromatic rings. The van der Waals surface area contributed by atoms with E-state index < -0.39 is 150 Å². The molecule has 2 fully saturated rings. The van der Waals surface area contributed by atoms with E-state index in [2.05, 4.69) is 91.3 Å². The zero-order valence-corrected chi connectivity index (χ0v) is 81.0. The summed E-state index contributed by atoms with van der Waals surface area (Å²) >= 11 is 0. The van der Waals surface area contributed by atoms with Gasteiger partial charge in [-0.3, -0.25) is 83.0 Å². The first-order valence-corrected chi connectivity index (χ1v) is 47.6. The molecule has 50 nitrogen and oxygen atoms in total. The zero-order chi connectivity index (χ0) is 103. The molecule has 3 aromatic carbocycles. The van der Waals surface area contributed by atoms with E-state index in [1.165, 1.54) is 62.6 Å². The number of H-pyrrole nitrogens is 1. The van der Waals surface area contributed by atoms with E-state index >= 15 is 0 Å². The molecule has 142 heavy (non-hydrogen) atoms. The van der Waals surface area contributed by atoms with Crippen molar-refractivity contribution in [3.05, 3.63) is 112 Å². The van der Waals surface area contributed by atoms with Crippen LogP contribution in [0.3, 0.4) is 0 Å². The van der Waals surface area contributed by atoms with E-state index in [1.807, 2.05) is 0 Å². The van der Waals surface area contributed by atoms with Crippen LogP contribution in [0.15, 0.2) is 88.8 Å². The molecule has 20 N–H and O–H groups in total. The number of aliphatic carboxylic acids is 4. The summed E-state index contributed by atoms with van der Waals surface area (Å²) in [5.74, 6) is -12.8. The Morgan fingerprint density at radius 3 is 1.85 bits per heavy atom. The summed E-state index contributed by atoms with van der Waals surface area (Å²) in [6.45, 7) is 13.1. The average molecular weight is 2030 g/mol. The molecule has 0 radical (unpaired) electrons. The number of likely N-dealkylation sites (tertiary alicyclic amines) is 1. The van der Waals surface area contributed by atoms with Crippen LogP contribution >= 0.6 is 21.6 Å². The number of unbranched alkanes of at least 4 members (excludes halogenated alkanes) is 2. The number of amides is 10. The second-order valence-electron chi connectivity index (χ2n) is 32.9. The molecule has 3 aliphatic heterocycles. The molecule has 0 bridgehead atoms. The van der Waals surface area contributed by atoms with Crippen LogP contribution in [0.5, 0.6) is 23.0 Å². The highest BCUT2D eigenvalue weighted by Crippen LogP contribution is 2.40. The number of hydrogen-bond acceptors (Lipinski definition) is 35. The number of likely N-dealkylation sites (N-methyl/N-ethyl adjacent to an activating group) is 1. The Labute approximate surface area is 823 Å². The summed E-state index contributed by atoms with van der Waals surface area (Å²) in [5.41, 5.74) is 14.6. The van der Waals surface area contributed by atoms with Gasteiger partial charge in [-0.25, -0.2) is 19.6 Å². The first kappa shape index (κ1) is 113. The number of anilines is 3.